The topological polar surface area (TPSA) is 55.1 Å². The first-order chi connectivity index (χ1) is 8.65. The SMILES string of the molecule is Cc1ccc(/C=C/C(=O)Nc2ncccc2Cl)o1. The Kier molecular flexibility index (Phi) is 3.79. The Morgan fingerprint density at radius 2 is 2.28 bits per heavy atom. The number of aromatic nitrogens is 1. The van der Waals surface area contributed by atoms with Crippen molar-refractivity contribution >= 4 is 29.4 Å². The van der Waals surface area contributed by atoms with E-state index in [1.807, 2.05) is 13.0 Å². The lowest BCUT2D eigenvalue weighted by Gasteiger charge is -2.01. The van der Waals surface area contributed by atoms with Crippen molar-refractivity contribution in [2.24, 2.45) is 0 Å². The number of nitrogens with one attached hydrogen (secondary N) is 1. The molecule has 92 valence electrons. The van der Waals surface area contributed by atoms with E-state index in [-0.39, 0.29) is 5.91 Å². The van der Waals surface area contributed by atoms with E-state index < -0.39 is 0 Å². The molecule has 18 heavy (non-hydrogen) atoms. The van der Waals surface area contributed by atoms with Gasteiger partial charge in [-0.2, -0.15) is 0 Å². The predicted molar refractivity (Wildman–Crippen MR) is 70.4 cm³/mol. The number of hydrogen-bond donors (Lipinski definition) is 1. The second kappa shape index (κ2) is 5.51. The van der Waals surface area contributed by atoms with Crippen molar-refractivity contribution in [3.05, 3.63) is 53.1 Å². The number of carbonyl (C=O) groups excluding carboxylic acids is 1. The molecule has 1 N–H and O–H groups in total. The van der Waals surface area contributed by atoms with Gasteiger partial charge in [-0.05, 0) is 37.3 Å². The normalized spacial score (nSPS) is 10.8. The number of carbonyl (C=O) groups is 1. The van der Waals surface area contributed by atoms with Crippen LogP contribution in [-0.4, -0.2) is 10.9 Å². The van der Waals surface area contributed by atoms with Crippen molar-refractivity contribution in [1.82, 2.24) is 4.98 Å². The Morgan fingerprint density at radius 3 is 2.94 bits per heavy atom. The number of amides is 1. The molecule has 0 saturated heterocycles. The number of rotatable bonds is 3. The maximum atomic E-state index is 11.6. The molecule has 0 fully saturated rings. The van der Waals surface area contributed by atoms with E-state index in [1.165, 1.54) is 6.08 Å². The molecule has 0 aliphatic rings. The molecule has 0 radical (unpaired) electrons. The van der Waals surface area contributed by atoms with Crippen LogP contribution in [0.2, 0.25) is 5.02 Å². The van der Waals surface area contributed by atoms with Crippen LogP contribution < -0.4 is 5.32 Å². The van der Waals surface area contributed by atoms with E-state index in [9.17, 15) is 4.79 Å². The van der Waals surface area contributed by atoms with Crippen molar-refractivity contribution in [3.63, 3.8) is 0 Å². The summed E-state index contributed by atoms with van der Waals surface area (Å²) in [6.07, 6.45) is 4.50. The number of anilines is 1. The van der Waals surface area contributed by atoms with Crippen molar-refractivity contribution in [1.29, 1.82) is 0 Å². The lowest BCUT2D eigenvalue weighted by atomic mass is 10.3. The van der Waals surface area contributed by atoms with Gasteiger partial charge in [0.05, 0.1) is 5.02 Å². The van der Waals surface area contributed by atoms with Crippen molar-refractivity contribution in [2.75, 3.05) is 5.32 Å². The van der Waals surface area contributed by atoms with E-state index in [0.717, 1.165) is 5.76 Å². The third-order valence-electron chi connectivity index (χ3n) is 2.16. The first kappa shape index (κ1) is 12.4. The summed E-state index contributed by atoms with van der Waals surface area (Å²) in [6.45, 7) is 1.84. The van der Waals surface area contributed by atoms with Crippen LogP contribution in [0.5, 0.6) is 0 Å². The maximum absolute atomic E-state index is 11.6. The van der Waals surface area contributed by atoms with Crippen LogP contribution in [0.25, 0.3) is 6.08 Å². The summed E-state index contributed by atoms with van der Waals surface area (Å²) in [5.41, 5.74) is 0. The van der Waals surface area contributed by atoms with E-state index in [2.05, 4.69) is 10.3 Å². The molecule has 2 rings (SSSR count). The first-order valence-electron chi connectivity index (χ1n) is 5.31. The summed E-state index contributed by atoms with van der Waals surface area (Å²) in [6, 6.07) is 6.96. The van der Waals surface area contributed by atoms with Gasteiger partial charge in [0.2, 0.25) is 5.91 Å². The highest BCUT2D eigenvalue weighted by Gasteiger charge is 2.03. The molecule has 5 heteroatoms. The largest absolute Gasteiger partial charge is 0.462 e. The lowest BCUT2D eigenvalue weighted by Crippen LogP contribution is -2.09. The van der Waals surface area contributed by atoms with Gasteiger partial charge in [0, 0.05) is 12.3 Å². The molecular weight excluding hydrogens is 252 g/mol. The number of furan rings is 1. The van der Waals surface area contributed by atoms with Crippen LogP contribution in [0, 0.1) is 6.92 Å². The zero-order chi connectivity index (χ0) is 13.0. The molecule has 2 heterocycles. The summed E-state index contributed by atoms with van der Waals surface area (Å²) in [4.78, 5) is 15.6. The van der Waals surface area contributed by atoms with Crippen LogP contribution in [0.15, 0.2) is 41.0 Å². The summed E-state index contributed by atoms with van der Waals surface area (Å²) < 4.78 is 5.30. The predicted octanol–water partition coefficient (Wildman–Crippen LogP) is 3.29. The van der Waals surface area contributed by atoms with Crippen LogP contribution in [0.3, 0.4) is 0 Å². The van der Waals surface area contributed by atoms with Gasteiger partial charge in [-0.1, -0.05) is 11.6 Å². The Balaban J connectivity index is 2.01. The van der Waals surface area contributed by atoms with Gasteiger partial charge >= 0.3 is 0 Å². The fourth-order valence-electron chi connectivity index (χ4n) is 1.34. The standard InChI is InChI=1S/C13H11ClN2O2/c1-9-4-5-10(18-9)6-7-12(17)16-13-11(14)3-2-8-15-13/h2-8H,1H3,(H,15,16,17)/b7-6+. The van der Waals surface area contributed by atoms with Crippen molar-refractivity contribution in [3.8, 4) is 0 Å². The molecule has 0 aromatic carbocycles. The molecule has 2 aromatic heterocycles. The van der Waals surface area contributed by atoms with Crippen LogP contribution in [-0.2, 0) is 4.79 Å². The third-order valence-corrected chi connectivity index (χ3v) is 2.47. The highest BCUT2D eigenvalue weighted by atomic mass is 35.5. The monoisotopic (exact) mass is 262 g/mol. The van der Waals surface area contributed by atoms with E-state index >= 15 is 0 Å². The zero-order valence-electron chi connectivity index (χ0n) is 9.68. The molecule has 4 nitrogen and oxygen atoms in total. The van der Waals surface area contributed by atoms with Gasteiger partial charge in [0.15, 0.2) is 5.82 Å². The van der Waals surface area contributed by atoms with E-state index in [4.69, 9.17) is 16.0 Å². The van der Waals surface area contributed by atoms with Gasteiger partial charge in [0.25, 0.3) is 0 Å². The van der Waals surface area contributed by atoms with Crippen LogP contribution in [0.4, 0.5) is 5.82 Å². The highest BCUT2D eigenvalue weighted by molar-refractivity contribution is 6.33. The Hall–Kier alpha value is -2.07. The minimum atomic E-state index is -0.315. The summed E-state index contributed by atoms with van der Waals surface area (Å²) in [7, 11) is 0. The molecular formula is C13H11ClN2O2. The Labute approximate surface area is 109 Å². The zero-order valence-corrected chi connectivity index (χ0v) is 10.4. The molecule has 0 atom stereocenters. The molecule has 2 aromatic rings. The van der Waals surface area contributed by atoms with Crippen LogP contribution >= 0.6 is 11.6 Å². The van der Waals surface area contributed by atoms with Crippen LogP contribution in [0.1, 0.15) is 11.5 Å². The average molecular weight is 263 g/mol. The molecule has 0 spiro atoms. The fourth-order valence-corrected chi connectivity index (χ4v) is 1.51. The first-order valence-corrected chi connectivity index (χ1v) is 5.69. The summed E-state index contributed by atoms with van der Waals surface area (Å²) in [5, 5.41) is 2.97. The van der Waals surface area contributed by atoms with Gasteiger partial charge in [-0.25, -0.2) is 4.98 Å². The number of aryl methyl sites for hydroxylation is 1. The number of pyridine rings is 1. The molecule has 1 amide bonds. The molecule has 0 unspecified atom stereocenters. The van der Waals surface area contributed by atoms with Gasteiger partial charge in [0.1, 0.15) is 11.5 Å². The Bertz CT molecular complexity index is 590. The minimum Gasteiger partial charge on any atom is -0.462 e. The van der Waals surface area contributed by atoms with Crippen molar-refractivity contribution in [2.45, 2.75) is 6.92 Å². The third kappa shape index (κ3) is 3.21. The summed E-state index contributed by atoms with van der Waals surface area (Å²) in [5.74, 6) is 1.44. The number of hydrogen-bond acceptors (Lipinski definition) is 3. The minimum absolute atomic E-state index is 0.315. The quantitative estimate of drug-likeness (QED) is 0.864. The van der Waals surface area contributed by atoms with Gasteiger partial charge < -0.3 is 9.73 Å². The smallest absolute Gasteiger partial charge is 0.249 e. The molecule has 0 aliphatic heterocycles. The van der Waals surface area contributed by atoms with E-state index in [0.29, 0.717) is 16.6 Å². The highest BCUT2D eigenvalue weighted by Crippen LogP contribution is 2.17. The number of nitrogens with zero attached hydrogens (tertiary/aromatic N) is 1. The lowest BCUT2D eigenvalue weighted by molar-refractivity contribution is -0.111. The molecule has 0 bridgehead atoms. The second-order valence-electron chi connectivity index (χ2n) is 3.60. The van der Waals surface area contributed by atoms with Crippen molar-refractivity contribution < 1.29 is 9.21 Å². The van der Waals surface area contributed by atoms with Gasteiger partial charge in [-0.3, -0.25) is 4.79 Å². The average Bonchev–Trinajstić information content (AvgIpc) is 2.76. The second-order valence-corrected chi connectivity index (χ2v) is 4.01. The fraction of sp³-hybridized carbons (Fsp3) is 0.0769. The maximum Gasteiger partial charge on any atom is 0.249 e. The molecule has 0 aliphatic carbocycles. The van der Waals surface area contributed by atoms with E-state index in [1.54, 1.807) is 30.5 Å². The molecule has 0 saturated carbocycles. The Morgan fingerprint density at radius 1 is 1.44 bits per heavy atom. The summed E-state index contributed by atoms with van der Waals surface area (Å²) >= 11 is 5.87. The van der Waals surface area contributed by atoms with Gasteiger partial charge in [-0.15, -0.1) is 0 Å². The number of halogens is 1.